The molecule has 2 N–H and O–H groups in total. The molecule has 2 aromatic rings. The zero-order chi connectivity index (χ0) is 12.4. The lowest BCUT2D eigenvalue weighted by atomic mass is 10.2. The Kier molecular flexibility index (Phi) is 3.64. The molecular weight excluding hydrogens is 285 g/mol. The maximum absolute atomic E-state index is 13.0. The summed E-state index contributed by atoms with van der Waals surface area (Å²) in [7, 11) is 0. The first-order valence-corrected chi connectivity index (χ1v) is 6.15. The molecule has 0 aliphatic heterocycles. The number of hydrogen-bond donors (Lipinski definition) is 1. The lowest BCUT2D eigenvalue weighted by Gasteiger charge is -2.02. The summed E-state index contributed by atoms with van der Waals surface area (Å²) >= 11 is 3.32. The Balaban J connectivity index is 2.30. The van der Waals surface area contributed by atoms with E-state index in [0.29, 0.717) is 16.7 Å². The SMILES string of the molecule is CC(N)Cc1ccc(-c2ccc(F)cc2Br)o1. The number of hydrogen-bond acceptors (Lipinski definition) is 2. The molecule has 1 aromatic heterocycles. The summed E-state index contributed by atoms with van der Waals surface area (Å²) in [6.07, 6.45) is 0.693. The van der Waals surface area contributed by atoms with Crippen molar-refractivity contribution in [3.05, 3.63) is 46.4 Å². The van der Waals surface area contributed by atoms with Gasteiger partial charge in [-0.3, -0.25) is 0 Å². The minimum atomic E-state index is -0.275. The molecule has 1 unspecified atom stereocenters. The summed E-state index contributed by atoms with van der Waals surface area (Å²) in [4.78, 5) is 0. The number of nitrogens with two attached hydrogens (primary N) is 1. The fourth-order valence-electron chi connectivity index (χ4n) is 1.64. The van der Waals surface area contributed by atoms with Crippen molar-refractivity contribution in [1.29, 1.82) is 0 Å². The fourth-order valence-corrected chi connectivity index (χ4v) is 2.19. The molecule has 17 heavy (non-hydrogen) atoms. The van der Waals surface area contributed by atoms with E-state index in [1.807, 2.05) is 19.1 Å². The van der Waals surface area contributed by atoms with Gasteiger partial charge in [0.2, 0.25) is 0 Å². The van der Waals surface area contributed by atoms with E-state index in [4.69, 9.17) is 10.2 Å². The lowest BCUT2D eigenvalue weighted by molar-refractivity contribution is 0.503. The molecule has 4 heteroatoms. The van der Waals surface area contributed by atoms with Crippen LogP contribution in [0, 0.1) is 5.82 Å². The second kappa shape index (κ2) is 5.02. The lowest BCUT2D eigenvalue weighted by Crippen LogP contribution is -2.17. The van der Waals surface area contributed by atoms with Crippen molar-refractivity contribution < 1.29 is 8.81 Å². The van der Waals surface area contributed by atoms with Crippen molar-refractivity contribution in [3.63, 3.8) is 0 Å². The molecule has 0 saturated carbocycles. The third-order valence-corrected chi connectivity index (χ3v) is 3.04. The van der Waals surface area contributed by atoms with Gasteiger partial charge in [-0.15, -0.1) is 0 Å². The van der Waals surface area contributed by atoms with Crippen LogP contribution in [-0.2, 0) is 6.42 Å². The maximum Gasteiger partial charge on any atom is 0.135 e. The Morgan fingerprint density at radius 3 is 2.76 bits per heavy atom. The Labute approximate surface area is 108 Å². The molecule has 2 nitrogen and oxygen atoms in total. The highest BCUT2D eigenvalue weighted by Gasteiger charge is 2.10. The first-order chi connectivity index (χ1) is 8.06. The van der Waals surface area contributed by atoms with Gasteiger partial charge in [-0.25, -0.2) is 4.39 Å². The highest BCUT2D eigenvalue weighted by atomic mass is 79.9. The van der Waals surface area contributed by atoms with Gasteiger partial charge in [-0.2, -0.15) is 0 Å². The van der Waals surface area contributed by atoms with Gasteiger partial charge >= 0.3 is 0 Å². The summed E-state index contributed by atoms with van der Waals surface area (Å²) in [5, 5.41) is 0. The number of furan rings is 1. The van der Waals surface area contributed by atoms with Gasteiger partial charge in [0.1, 0.15) is 17.3 Å². The minimum Gasteiger partial charge on any atom is -0.461 e. The van der Waals surface area contributed by atoms with Gasteiger partial charge in [-0.05, 0) is 53.2 Å². The zero-order valence-electron chi connectivity index (χ0n) is 9.41. The van der Waals surface area contributed by atoms with Crippen LogP contribution in [0.1, 0.15) is 12.7 Å². The van der Waals surface area contributed by atoms with Crippen LogP contribution >= 0.6 is 15.9 Å². The molecule has 0 bridgehead atoms. The average molecular weight is 298 g/mol. The molecule has 1 heterocycles. The molecule has 0 radical (unpaired) electrons. The van der Waals surface area contributed by atoms with Crippen LogP contribution in [0.25, 0.3) is 11.3 Å². The average Bonchev–Trinajstić information content (AvgIpc) is 2.65. The molecule has 2 rings (SSSR count). The predicted octanol–water partition coefficient (Wildman–Crippen LogP) is 3.74. The summed E-state index contributed by atoms with van der Waals surface area (Å²) < 4.78 is 19.3. The highest BCUT2D eigenvalue weighted by Crippen LogP contribution is 2.30. The summed E-state index contributed by atoms with van der Waals surface area (Å²) in [6, 6.07) is 8.35. The van der Waals surface area contributed by atoms with Crippen molar-refractivity contribution in [2.45, 2.75) is 19.4 Å². The molecule has 0 amide bonds. The van der Waals surface area contributed by atoms with Crippen LogP contribution in [0.2, 0.25) is 0 Å². The third-order valence-electron chi connectivity index (χ3n) is 2.38. The summed E-state index contributed by atoms with van der Waals surface area (Å²) in [6.45, 7) is 1.93. The largest absolute Gasteiger partial charge is 0.461 e. The number of benzene rings is 1. The Morgan fingerprint density at radius 1 is 1.35 bits per heavy atom. The first kappa shape index (κ1) is 12.3. The van der Waals surface area contributed by atoms with Gasteiger partial charge in [0.15, 0.2) is 0 Å². The smallest absolute Gasteiger partial charge is 0.135 e. The molecule has 1 aromatic carbocycles. The number of halogens is 2. The topological polar surface area (TPSA) is 39.2 Å². The Bertz CT molecular complexity index is 522. The highest BCUT2D eigenvalue weighted by molar-refractivity contribution is 9.10. The molecule has 0 spiro atoms. The van der Waals surface area contributed by atoms with E-state index in [0.717, 1.165) is 11.3 Å². The van der Waals surface area contributed by atoms with E-state index in [9.17, 15) is 4.39 Å². The molecule has 0 saturated heterocycles. The third kappa shape index (κ3) is 2.96. The van der Waals surface area contributed by atoms with Crippen molar-refractivity contribution >= 4 is 15.9 Å². The van der Waals surface area contributed by atoms with Crippen LogP contribution in [-0.4, -0.2) is 6.04 Å². The van der Waals surface area contributed by atoms with Gasteiger partial charge in [0, 0.05) is 22.5 Å². The van der Waals surface area contributed by atoms with E-state index in [1.54, 1.807) is 6.07 Å². The van der Waals surface area contributed by atoms with Crippen molar-refractivity contribution in [2.75, 3.05) is 0 Å². The maximum atomic E-state index is 13.0. The normalized spacial score (nSPS) is 12.7. The number of rotatable bonds is 3. The Hall–Kier alpha value is -1.13. The molecule has 0 aliphatic rings. The quantitative estimate of drug-likeness (QED) is 0.937. The van der Waals surface area contributed by atoms with E-state index in [-0.39, 0.29) is 11.9 Å². The van der Waals surface area contributed by atoms with Gasteiger partial charge < -0.3 is 10.2 Å². The first-order valence-electron chi connectivity index (χ1n) is 5.36. The molecule has 1 atom stereocenters. The summed E-state index contributed by atoms with van der Waals surface area (Å²) in [5.41, 5.74) is 6.54. The second-order valence-corrected chi connectivity index (χ2v) is 4.93. The predicted molar refractivity (Wildman–Crippen MR) is 69.2 cm³/mol. The Morgan fingerprint density at radius 2 is 2.12 bits per heavy atom. The van der Waals surface area contributed by atoms with E-state index >= 15 is 0 Å². The fraction of sp³-hybridized carbons (Fsp3) is 0.231. The summed E-state index contributed by atoms with van der Waals surface area (Å²) in [5.74, 6) is 1.28. The van der Waals surface area contributed by atoms with Crippen LogP contribution in [0.5, 0.6) is 0 Å². The van der Waals surface area contributed by atoms with Crippen molar-refractivity contribution in [2.24, 2.45) is 5.73 Å². The molecule has 0 aliphatic carbocycles. The van der Waals surface area contributed by atoms with E-state index in [1.165, 1.54) is 12.1 Å². The van der Waals surface area contributed by atoms with Gasteiger partial charge in [-0.1, -0.05) is 0 Å². The van der Waals surface area contributed by atoms with Crippen LogP contribution in [0.15, 0.2) is 39.2 Å². The molecule has 90 valence electrons. The standard InChI is InChI=1S/C13H13BrFNO/c1-8(16)6-10-3-5-13(17-10)11-4-2-9(15)7-12(11)14/h2-5,7-8H,6,16H2,1H3. The van der Waals surface area contributed by atoms with Crippen LogP contribution in [0.3, 0.4) is 0 Å². The monoisotopic (exact) mass is 297 g/mol. The molecular formula is C13H13BrFNO. The van der Waals surface area contributed by atoms with Crippen LogP contribution < -0.4 is 5.73 Å². The van der Waals surface area contributed by atoms with E-state index in [2.05, 4.69) is 15.9 Å². The zero-order valence-corrected chi connectivity index (χ0v) is 11.0. The van der Waals surface area contributed by atoms with Crippen molar-refractivity contribution in [3.8, 4) is 11.3 Å². The second-order valence-electron chi connectivity index (χ2n) is 4.07. The van der Waals surface area contributed by atoms with Gasteiger partial charge in [0.05, 0.1) is 0 Å². The van der Waals surface area contributed by atoms with Crippen LogP contribution in [0.4, 0.5) is 4.39 Å². The van der Waals surface area contributed by atoms with Gasteiger partial charge in [0.25, 0.3) is 0 Å². The molecule has 0 fully saturated rings. The van der Waals surface area contributed by atoms with Crippen molar-refractivity contribution in [1.82, 2.24) is 0 Å². The van der Waals surface area contributed by atoms with E-state index < -0.39 is 0 Å². The minimum absolute atomic E-state index is 0.0608.